The highest BCUT2D eigenvalue weighted by molar-refractivity contribution is 5.51. The molecule has 1 unspecified atom stereocenters. The van der Waals surface area contributed by atoms with Gasteiger partial charge in [0.2, 0.25) is 0 Å². The smallest absolute Gasteiger partial charge is 0.0669 e. The molecule has 110 valence electrons. The molecule has 1 saturated carbocycles. The first-order chi connectivity index (χ1) is 9.72. The Labute approximate surface area is 121 Å². The molecule has 3 heteroatoms. The van der Waals surface area contributed by atoms with Crippen LogP contribution in [-0.4, -0.2) is 29.2 Å². The van der Waals surface area contributed by atoms with Gasteiger partial charge in [-0.15, -0.1) is 0 Å². The molecule has 1 aliphatic carbocycles. The van der Waals surface area contributed by atoms with Gasteiger partial charge in [-0.3, -0.25) is 4.90 Å². The number of hydrogen-bond acceptors (Lipinski definition) is 3. The normalized spacial score (nSPS) is 21.9. The van der Waals surface area contributed by atoms with Crippen molar-refractivity contribution in [2.45, 2.75) is 51.2 Å². The van der Waals surface area contributed by atoms with Crippen molar-refractivity contribution in [2.24, 2.45) is 5.92 Å². The van der Waals surface area contributed by atoms with Crippen molar-refractivity contribution in [1.29, 1.82) is 0 Å². The molecule has 3 N–H and O–H groups in total. The van der Waals surface area contributed by atoms with E-state index in [1.807, 2.05) is 12.1 Å². The van der Waals surface area contributed by atoms with Crippen molar-refractivity contribution in [3.8, 4) is 0 Å². The second-order valence-corrected chi connectivity index (χ2v) is 6.51. The number of nitrogens with two attached hydrogens (primary N) is 1. The number of benzene rings is 1. The molecule has 1 aromatic carbocycles. The van der Waals surface area contributed by atoms with Crippen LogP contribution >= 0.6 is 0 Å². The van der Waals surface area contributed by atoms with Gasteiger partial charge in [-0.25, -0.2) is 0 Å². The lowest BCUT2D eigenvalue weighted by atomic mass is 9.96. The zero-order valence-corrected chi connectivity index (χ0v) is 12.2. The van der Waals surface area contributed by atoms with Crippen molar-refractivity contribution in [3.63, 3.8) is 0 Å². The Hall–Kier alpha value is -1.06. The Morgan fingerprint density at radius 3 is 2.90 bits per heavy atom. The van der Waals surface area contributed by atoms with Gasteiger partial charge in [-0.05, 0) is 36.0 Å². The van der Waals surface area contributed by atoms with Gasteiger partial charge in [-0.2, -0.15) is 0 Å². The van der Waals surface area contributed by atoms with Crippen molar-refractivity contribution in [3.05, 3.63) is 29.3 Å². The third-order valence-corrected chi connectivity index (χ3v) is 4.94. The largest absolute Gasteiger partial charge is 0.398 e. The van der Waals surface area contributed by atoms with Crippen LogP contribution in [0.2, 0.25) is 0 Å². The van der Waals surface area contributed by atoms with Gasteiger partial charge in [0.25, 0.3) is 0 Å². The lowest BCUT2D eigenvalue weighted by Crippen LogP contribution is -2.37. The number of hydrogen-bond donors (Lipinski definition) is 2. The predicted molar refractivity (Wildman–Crippen MR) is 82.4 cm³/mol. The molecule has 0 bridgehead atoms. The SMILES string of the molecule is Nc1cccc2c1CN(CC(O)CC1CCCC1)CC2. The molecular formula is C17H26N2O. The number of anilines is 1. The first-order valence-electron chi connectivity index (χ1n) is 7.99. The third kappa shape index (κ3) is 3.15. The molecule has 3 rings (SSSR count). The first kappa shape index (κ1) is 13.9. The second-order valence-electron chi connectivity index (χ2n) is 6.51. The molecule has 1 fully saturated rings. The monoisotopic (exact) mass is 274 g/mol. The molecule has 1 heterocycles. The van der Waals surface area contributed by atoms with Gasteiger partial charge in [0.05, 0.1) is 6.10 Å². The number of β-amino-alcohol motifs (C(OH)–C–C–N with tert-alkyl or cyclic N) is 1. The van der Waals surface area contributed by atoms with Crippen molar-refractivity contribution in [1.82, 2.24) is 4.90 Å². The number of rotatable bonds is 4. The van der Waals surface area contributed by atoms with Crippen molar-refractivity contribution < 1.29 is 5.11 Å². The minimum Gasteiger partial charge on any atom is -0.398 e. The van der Waals surface area contributed by atoms with E-state index in [0.717, 1.165) is 44.1 Å². The van der Waals surface area contributed by atoms with E-state index in [1.54, 1.807) is 0 Å². The number of aliphatic hydroxyl groups excluding tert-OH is 1. The highest BCUT2D eigenvalue weighted by Crippen LogP contribution is 2.29. The van der Waals surface area contributed by atoms with Crippen molar-refractivity contribution >= 4 is 5.69 Å². The molecule has 1 aromatic rings. The van der Waals surface area contributed by atoms with E-state index >= 15 is 0 Å². The summed E-state index contributed by atoms with van der Waals surface area (Å²) in [6.07, 6.45) is 7.18. The molecule has 3 nitrogen and oxygen atoms in total. The summed E-state index contributed by atoms with van der Waals surface area (Å²) in [6.45, 7) is 2.73. The van der Waals surface area contributed by atoms with Crippen LogP contribution in [0.5, 0.6) is 0 Å². The van der Waals surface area contributed by atoms with E-state index in [1.165, 1.54) is 36.8 Å². The number of fused-ring (bicyclic) bond motifs is 1. The number of aliphatic hydroxyl groups is 1. The topological polar surface area (TPSA) is 49.5 Å². The van der Waals surface area contributed by atoms with Crippen LogP contribution in [-0.2, 0) is 13.0 Å². The highest BCUT2D eigenvalue weighted by Gasteiger charge is 2.23. The maximum Gasteiger partial charge on any atom is 0.0669 e. The van der Waals surface area contributed by atoms with Gasteiger partial charge in [0, 0.05) is 25.3 Å². The Bertz CT molecular complexity index is 454. The summed E-state index contributed by atoms with van der Waals surface area (Å²) in [5, 5.41) is 10.3. The minimum absolute atomic E-state index is 0.176. The number of nitrogen functional groups attached to an aromatic ring is 1. The molecule has 0 amide bonds. The van der Waals surface area contributed by atoms with Gasteiger partial charge in [0.1, 0.15) is 0 Å². The van der Waals surface area contributed by atoms with Crippen molar-refractivity contribution in [2.75, 3.05) is 18.8 Å². The van der Waals surface area contributed by atoms with E-state index in [0.29, 0.717) is 0 Å². The molecule has 2 aliphatic rings. The molecule has 0 radical (unpaired) electrons. The zero-order valence-electron chi connectivity index (χ0n) is 12.2. The Kier molecular flexibility index (Phi) is 4.27. The average Bonchev–Trinajstić information content (AvgIpc) is 2.92. The van der Waals surface area contributed by atoms with Gasteiger partial charge in [0.15, 0.2) is 0 Å². The Morgan fingerprint density at radius 1 is 1.30 bits per heavy atom. The van der Waals surface area contributed by atoms with Crippen LogP contribution < -0.4 is 5.73 Å². The van der Waals surface area contributed by atoms with Crippen LogP contribution in [0.1, 0.15) is 43.2 Å². The van der Waals surface area contributed by atoms with E-state index < -0.39 is 0 Å². The van der Waals surface area contributed by atoms with Crippen LogP contribution in [0, 0.1) is 5.92 Å². The maximum atomic E-state index is 10.3. The standard InChI is InChI=1S/C17H26N2O/c18-17-7-3-6-14-8-9-19(12-16(14)17)11-15(20)10-13-4-1-2-5-13/h3,6-7,13,15,20H,1-2,4-5,8-12,18H2. The lowest BCUT2D eigenvalue weighted by molar-refractivity contribution is 0.0855. The maximum absolute atomic E-state index is 10.3. The Balaban J connectivity index is 1.55. The lowest BCUT2D eigenvalue weighted by Gasteiger charge is -2.31. The Morgan fingerprint density at radius 2 is 2.10 bits per heavy atom. The van der Waals surface area contributed by atoms with Crippen LogP contribution in [0.25, 0.3) is 0 Å². The van der Waals surface area contributed by atoms with E-state index in [4.69, 9.17) is 5.73 Å². The van der Waals surface area contributed by atoms with Gasteiger partial charge >= 0.3 is 0 Å². The second kappa shape index (κ2) is 6.15. The molecule has 1 atom stereocenters. The predicted octanol–water partition coefficient (Wildman–Crippen LogP) is 2.57. The fraction of sp³-hybridized carbons (Fsp3) is 0.647. The zero-order chi connectivity index (χ0) is 13.9. The molecular weight excluding hydrogens is 248 g/mol. The summed E-state index contributed by atoms with van der Waals surface area (Å²) in [6, 6.07) is 6.20. The summed E-state index contributed by atoms with van der Waals surface area (Å²) >= 11 is 0. The van der Waals surface area contributed by atoms with Crippen LogP contribution in [0.4, 0.5) is 5.69 Å². The summed E-state index contributed by atoms with van der Waals surface area (Å²) in [4.78, 5) is 2.36. The van der Waals surface area contributed by atoms with Gasteiger partial charge < -0.3 is 10.8 Å². The van der Waals surface area contributed by atoms with E-state index in [2.05, 4.69) is 11.0 Å². The average molecular weight is 274 g/mol. The number of nitrogens with zero attached hydrogens (tertiary/aromatic N) is 1. The third-order valence-electron chi connectivity index (χ3n) is 4.94. The molecule has 0 spiro atoms. The van der Waals surface area contributed by atoms with E-state index in [-0.39, 0.29) is 6.10 Å². The summed E-state index contributed by atoms with van der Waals surface area (Å²) < 4.78 is 0. The van der Waals surface area contributed by atoms with Crippen LogP contribution in [0.3, 0.4) is 0 Å². The van der Waals surface area contributed by atoms with Gasteiger partial charge in [-0.1, -0.05) is 37.8 Å². The fourth-order valence-corrected chi connectivity index (χ4v) is 3.82. The van der Waals surface area contributed by atoms with E-state index in [9.17, 15) is 5.11 Å². The summed E-state index contributed by atoms with van der Waals surface area (Å²) in [5.74, 6) is 0.757. The van der Waals surface area contributed by atoms with Crippen LogP contribution in [0.15, 0.2) is 18.2 Å². The quantitative estimate of drug-likeness (QED) is 0.830. The molecule has 1 aliphatic heterocycles. The molecule has 0 aromatic heterocycles. The molecule has 20 heavy (non-hydrogen) atoms. The minimum atomic E-state index is -0.176. The fourth-order valence-electron chi connectivity index (χ4n) is 3.82. The highest BCUT2D eigenvalue weighted by atomic mass is 16.3. The summed E-state index contributed by atoms with van der Waals surface area (Å²) in [5.41, 5.74) is 9.63. The first-order valence-corrected chi connectivity index (χ1v) is 7.99. The molecule has 0 saturated heterocycles. The summed E-state index contributed by atoms with van der Waals surface area (Å²) in [7, 11) is 0.